The first-order chi connectivity index (χ1) is 7.23. The Labute approximate surface area is 93.3 Å². The first-order valence-electron chi connectivity index (χ1n) is 4.53. The van der Waals surface area contributed by atoms with E-state index < -0.39 is 26.4 Å². The van der Waals surface area contributed by atoms with E-state index in [4.69, 9.17) is 5.11 Å². The van der Waals surface area contributed by atoms with Crippen LogP contribution in [0, 0.1) is 0 Å². The van der Waals surface area contributed by atoms with Gasteiger partial charge in [-0.15, -0.1) is 0 Å². The van der Waals surface area contributed by atoms with Crippen LogP contribution in [-0.4, -0.2) is 35.7 Å². The molecule has 0 amide bonds. The van der Waals surface area contributed by atoms with Crippen molar-refractivity contribution in [3.05, 3.63) is 17.6 Å². The minimum atomic E-state index is -3.67. The number of sulfone groups is 1. The van der Waals surface area contributed by atoms with Gasteiger partial charge in [0.05, 0.1) is 0 Å². The molecule has 6 nitrogen and oxygen atoms in total. The van der Waals surface area contributed by atoms with Gasteiger partial charge >= 0.3 is 5.97 Å². The number of aromatic nitrogens is 2. The van der Waals surface area contributed by atoms with E-state index in [0.29, 0.717) is 5.82 Å². The highest BCUT2D eigenvalue weighted by Gasteiger charge is 2.22. The maximum Gasteiger partial charge on any atom is 0.340 e. The van der Waals surface area contributed by atoms with Crippen LogP contribution in [0.5, 0.6) is 0 Å². The Bertz CT molecular complexity index is 522. The van der Waals surface area contributed by atoms with Crippen LogP contribution >= 0.6 is 0 Å². The molecule has 0 aliphatic rings. The summed E-state index contributed by atoms with van der Waals surface area (Å²) in [6.45, 7) is 3.59. The average Bonchev–Trinajstić information content (AvgIpc) is 2.15. The third-order valence-corrected chi connectivity index (χ3v) is 2.88. The lowest BCUT2D eigenvalue weighted by molar-refractivity contribution is 0.0691. The predicted octanol–water partition coefficient (Wildman–Crippen LogP) is 0.702. The molecule has 0 atom stereocenters. The fraction of sp³-hybridized carbons (Fsp3) is 0.444. The molecule has 0 aliphatic heterocycles. The van der Waals surface area contributed by atoms with Gasteiger partial charge in [0, 0.05) is 18.4 Å². The molecule has 1 heterocycles. The van der Waals surface area contributed by atoms with Crippen molar-refractivity contribution in [3.63, 3.8) is 0 Å². The molecule has 0 radical (unpaired) electrons. The van der Waals surface area contributed by atoms with Crippen LogP contribution < -0.4 is 0 Å². The van der Waals surface area contributed by atoms with Crippen molar-refractivity contribution in [2.75, 3.05) is 6.26 Å². The molecule has 1 aromatic heterocycles. The molecular formula is C9H12N2O4S. The van der Waals surface area contributed by atoms with Crippen LogP contribution in [0.15, 0.2) is 11.2 Å². The summed E-state index contributed by atoms with van der Waals surface area (Å²) in [5.74, 6) is -1.11. The molecule has 0 saturated heterocycles. The highest BCUT2D eigenvalue weighted by Crippen LogP contribution is 2.16. The fourth-order valence-corrected chi connectivity index (χ4v) is 1.89. The number of hydrogen-bond acceptors (Lipinski definition) is 5. The van der Waals surface area contributed by atoms with Gasteiger partial charge in [0.15, 0.2) is 14.9 Å². The summed E-state index contributed by atoms with van der Waals surface area (Å²) in [4.78, 5) is 18.4. The normalized spacial score (nSPS) is 11.8. The minimum absolute atomic E-state index is 0.0663. The molecular weight excluding hydrogens is 232 g/mol. The van der Waals surface area contributed by atoms with Gasteiger partial charge in [-0.2, -0.15) is 0 Å². The summed E-state index contributed by atoms with van der Waals surface area (Å²) in [5, 5.41) is 8.38. The number of carboxylic acids is 1. The van der Waals surface area contributed by atoms with Crippen LogP contribution in [0.4, 0.5) is 0 Å². The van der Waals surface area contributed by atoms with Gasteiger partial charge in [-0.05, 0) is 0 Å². The van der Waals surface area contributed by atoms with Crippen LogP contribution in [0.3, 0.4) is 0 Å². The lowest BCUT2D eigenvalue weighted by Gasteiger charge is -2.07. The van der Waals surface area contributed by atoms with Crippen LogP contribution in [0.1, 0.15) is 35.9 Å². The van der Waals surface area contributed by atoms with E-state index in [-0.39, 0.29) is 5.92 Å². The SMILES string of the molecule is CC(C)c1ncc(C(=O)O)c(S(C)(=O)=O)n1. The van der Waals surface area contributed by atoms with E-state index in [1.54, 1.807) is 13.8 Å². The third-order valence-electron chi connectivity index (χ3n) is 1.87. The minimum Gasteiger partial charge on any atom is -0.478 e. The molecule has 0 saturated carbocycles. The van der Waals surface area contributed by atoms with E-state index in [1.807, 2.05) is 0 Å². The summed E-state index contributed by atoms with van der Waals surface area (Å²) >= 11 is 0. The van der Waals surface area contributed by atoms with Crippen LogP contribution in [0.25, 0.3) is 0 Å². The molecule has 0 unspecified atom stereocenters. The quantitative estimate of drug-likeness (QED) is 0.786. The number of hydrogen-bond donors (Lipinski definition) is 1. The summed E-state index contributed by atoms with van der Waals surface area (Å²) in [6.07, 6.45) is 1.95. The van der Waals surface area contributed by atoms with Gasteiger partial charge in [0.1, 0.15) is 11.4 Å². The lowest BCUT2D eigenvalue weighted by atomic mass is 10.2. The zero-order valence-electron chi connectivity index (χ0n) is 9.13. The highest BCUT2D eigenvalue weighted by atomic mass is 32.2. The smallest absolute Gasteiger partial charge is 0.340 e. The summed E-state index contributed by atoms with van der Waals surface area (Å²) < 4.78 is 22.8. The lowest BCUT2D eigenvalue weighted by Crippen LogP contribution is -2.13. The van der Waals surface area contributed by atoms with Crippen molar-refractivity contribution in [1.82, 2.24) is 9.97 Å². The Balaban J connectivity index is 3.51. The van der Waals surface area contributed by atoms with E-state index in [2.05, 4.69) is 9.97 Å². The monoisotopic (exact) mass is 244 g/mol. The third kappa shape index (κ3) is 2.54. The van der Waals surface area contributed by atoms with E-state index in [1.165, 1.54) is 0 Å². The Kier molecular flexibility index (Phi) is 3.27. The number of nitrogens with zero attached hydrogens (tertiary/aromatic N) is 2. The Morgan fingerprint density at radius 2 is 2.00 bits per heavy atom. The topological polar surface area (TPSA) is 97.2 Å². The van der Waals surface area contributed by atoms with Gasteiger partial charge in [0.25, 0.3) is 0 Å². The molecule has 0 spiro atoms. The molecule has 1 rings (SSSR count). The molecule has 0 bridgehead atoms. The summed E-state index contributed by atoms with van der Waals surface area (Å²) in [6, 6.07) is 0. The predicted molar refractivity (Wildman–Crippen MR) is 56.2 cm³/mol. The van der Waals surface area contributed by atoms with Crippen LogP contribution in [0.2, 0.25) is 0 Å². The Morgan fingerprint density at radius 3 is 2.38 bits per heavy atom. The standard InChI is InChI=1S/C9H12N2O4S/c1-5(2)7-10-4-6(9(12)13)8(11-7)16(3,14)15/h4-5H,1-3H3,(H,12,13). The highest BCUT2D eigenvalue weighted by molar-refractivity contribution is 7.90. The molecule has 16 heavy (non-hydrogen) atoms. The van der Waals surface area contributed by atoms with Crippen molar-refractivity contribution < 1.29 is 18.3 Å². The van der Waals surface area contributed by atoms with E-state index >= 15 is 0 Å². The maximum absolute atomic E-state index is 11.4. The second-order valence-electron chi connectivity index (χ2n) is 3.68. The first kappa shape index (κ1) is 12.6. The van der Waals surface area contributed by atoms with Crippen molar-refractivity contribution >= 4 is 15.8 Å². The number of carboxylic acid groups (broad SMARTS) is 1. The Hall–Kier alpha value is -1.50. The maximum atomic E-state index is 11.4. The van der Waals surface area contributed by atoms with Crippen molar-refractivity contribution in [2.24, 2.45) is 0 Å². The van der Waals surface area contributed by atoms with Gasteiger partial charge in [-0.3, -0.25) is 0 Å². The van der Waals surface area contributed by atoms with Crippen molar-refractivity contribution in [2.45, 2.75) is 24.8 Å². The largest absolute Gasteiger partial charge is 0.478 e. The van der Waals surface area contributed by atoms with Crippen molar-refractivity contribution in [3.8, 4) is 0 Å². The van der Waals surface area contributed by atoms with Crippen molar-refractivity contribution in [1.29, 1.82) is 0 Å². The molecule has 1 aromatic rings. The fourth-order valence-electron chi connectivity index (χ4n) is 1.09. The zero-order chi connectivity index (χ0) is 12.5. The number of aromatic carboxylic acids is 1. The second-order valence-corrected chi connectivity index (χ2v) is 5.61. The first-order valence-corrected chi connectivity index (χ1v) is 6.43. The van der Waals surface area contributed by atoms with Gasteiger partial charge in [0.2, 0.25) is 0 Å². The molecule has 0 aliphatic carbocycles. The molecule has 7 heteroatoms. The van der Waals surface area contributed by atoms with Gasteiger partial charge in [-0.1, -0.05) is 13.8 Å². The van der Waals surface area contributed by atoms with Crippen LogP contribution in [-0.2, 0) is 9.84 Å². The van der Waals surface area contributed by atoms with E-state index in [9.17, 15) is 13.2 Å². The molecule has 0 aromatic carbocycles. The number of rotatable bonds is 3. The molecule has 0 fully saturated rings. The summed E-state index contributed by atoms with van der Waals surface area (Å²) in [5.41, 5.74) is -0.396. The number of carbonyl (C=O) groups is 1. The zero-order valence-corrected chi connectivity index (χ0v) is 9.95. The average molecular weight is 244 g/mol. The summed E-state index contributed by atoms with van der Waals surface area (Å²) in [7, 11) is -3.67. The van der Waals surface area contributed by atoms with Gasteiger partial charge < -0.3 is 5.11 Å². The second kappa shape index (κ2) is 4.17. The molecule has 88 valence electrons. The molecule has 1 N–H and O–H groups in total. The Morgan fingerprint density at radius 1 is 1.44 bits per heavy atom. The van der Waals surface area contributed by atoms with Gasteiger partial charge in [-0.25, -0.2) is 23.2 Å². The van der Waals surface area contributed by atoms with E-state index in [0.717, 1.165) is 12.5 Å².